The smallest absolute Gasteiger partial charge is 0.133 e. The lowest BCUT2D eigenvalue weighted by Crippen LogP contribution is -2.08. The highest BCUT2D eigenvalue weighted by molar-refractivity contribution is 9.10. The molecule has 0 bridgehead atoms. The zero-order chi connectivity index (χ0) is 14.9. The monoisotopic (exact) mass is 364 g/mol. The summed E-state index contributed by atoms with van der Waals surface area (Å²) < 4.78 is 40.6. The van der Waals surface area contributed by atoms with Crippen molar-refractivity contribution in [2.24, 2.45) is 0 Å². The predicted octanol–water partition coefficient (Wildman–Crippen LogP) is 4.80. The van der Waals surface area contributed by atoms with E-state index in [-0.39, 0.29) is 15.9 Å². The number of hydrogen-bond acceptors (Lipinski definition) is 1. The molecule has 0 spiro atoms. The van der Waals surface area contributed by atoms with Crippen molar-refractivity contribution in [1.82, 2.24) is 0 Å². The van der Waals surface area contributed by atoms with Gasteiger partial charge in [-0.05, 0) is 29.8 Å². The first-order valence-electron chi connectivity index (χ1n) is 5.65. The van der Waals surface area contributed by atoms with Gasteiger partial charge >= 0.3 is 0 Å². The fourth-order valence-electron chi connectivity index (χ4n) is 1.87. The fourth-order valence-corrected chi connectivity index (χ4v) is 2.52. The number of rotatable bonds is 3. The average molecular weight is 366 g/mol. The minimum absolute atomic E-state index is 0.0991. The van der Waals surface area contributed by atoms with E-state index in [9.17, 15) is 18.3 Å². The van der Waals surface area contributed by atoms with Crippen LogP contribution in [-0.2, 0) is 6.42 Å². The van der Waals surface area contributed by atoms with Crippen LogP contribution in [0, 0.1) is 17.5 Å². The minimum atomic E-state index is -1.41. The minimum Gasteiger partial charge on any atom is -0.388 e. The van der Waals surface area contributed by atoms with Gasteiger partial charge < -0.3 is 5.11 Å². The second kappa shape index (κ2) is 6.16. The molecule has 2 aromatic rings. The van der Waals surface area contributed by atoms with Crippen molar-refractivity contribution >= 4 is 27.5 Å². The van der Waals surface area contributed by atoms with Crippen LogP contribution in [0.3, 0.4) is 0 Å². The summed E-state index contributed by atoms with van der Waals surface area (Å²) in [6.45, 7) is 0. The third-order valence-corrected chi connectivity index (χ3v) is 3.62. The zero-order valence-corrected chi connectivity index (χ0v) is 12.4. The third kappa shape index (κ3) is 3.34. The van der Waals surface area contributed by atoms with Gasteiger partial charge in [-0.2, -0.15) is 0 Å². The molecule has 0 saturated carbocycles. The van der Waals surface area contributed by atoms with Gasteiger partial charge in [-0.3, -0.25) is 0 Å². The van der Waals surface area contributed by atoms with Gasteiger partial charge in [0.25, 0.3) is 0 Å². The summed E-state index contributed by atoms with van der Waals surface area (Å²) in [5.74, 6) is -2.24. The summed E-state index contributed by atoms with van der Waals surface area (Å²) in [6, 6.07) is 5.75. The summed E-state index contributed by atoms with van der Waals surface area (Å²) in [7, 11) is 0. The predicted molar refractivity (Wildman–Crippen MR) is 74.1 cm³/mol. The van der Waals surface area contributed by atoms with Gasteiger partial charge in [-0.15, -0.1) is 0 Å². The number of aliphatic hydroxyl groups excluding tert-OH is 1. The van der Waals surface area contributed by atoms with Gasteiger partial charge in [0.2, 0.25) is 0 Å². The molecule has 0 saturated heterocycles. The molecule has 1 atom stereocenters. The molecule has 1 nitrogen and oxygen atoms in total. The maximum absolute atomic E-state index is 13.7. The molecule has 2 rings (SSSR count). The standard InChI is InChI=1S/C14H9BrClF3O/c15-8-4-11(18)14(12(19)5-8)13(20)3-7-1-2-9(17)6-10(7)16/h1-2,4-6,13,20H,3H2. The highest BCUT2D eigenvalue weighted by Gasteiger charge is 2.20. The Morgan fingerprint density at radius 1 is 1.10 bits per heavy atom. The average Bonchev–Trinajstić information content (AvgIpc) is 2.31. The van der Waals surface area contributed by atoms with Crippen molar-refractivity contribution in [3.63, 3.8) is 0 Å². The van der Waals surface area contributed by atoms with E-state index in [2.05, 4.69) is 15.9 Å². The Morgan fingerprint density at radius 3 is 2.25 bits per heavy atom. The highest BCUT2D eigenvalue weighted by Crippen LogP contribution is 2.29. The lowest BCUT2D eigenvalue weighted by molar-refractivity contribution is 0.168. The topological polar surface area (TPSA) is 20.2 Å². The molecular weight excluding hydrogens is 357 g/mol. The van der Waals surface area contributed by atoms with Crippen molar-refractivity contribution in [2.75, 3.05) is 0 Å². The molecule has 0 radical (unpaired) electrons. The second-order valence-electron chi connectivity index (χ2n) is 4.24. The van der Waals surface area contributed by atoms with E-state index < -0.39 is 29.1 Å². The Kier molecular flexibility index (Phi) is 4.73. The molecule has 2 aromatic carbocycles. The molecule has 0 amide bonds. The Balaban J connectivity index is 2.31. The van der Waals surface area contributed by atoms with E-state index in [4.69, 9.17) is 11.6 Å². The Labute approximate surface area is 127 Å². The third-order valence-electron chi connectivity index (χ3n) is 2.81. The summed E-state index contributed by atoms with van der Waals surface area (Å²) >= 11 is 8.78. The van der Waals surface area contributed by atoms with Gasteiger partial charge in [0.15, 0.2) is 0 Å². The summed E-state index contributed by atoms with van der Waals surface area (Å²) in [6.07, 6.45) is -1.53. The molecule has 20 heavy (non-hydrogen) atoms. The van der Waals surface area contributed by atoms with Gasteiger partial charge in [-0.25, -0.2) is 13.2 Å². The van der Waals surface area contributed by atoms with Crippen LogP contribution in [0.25, 0.3) is 0 Å². The van der Waals surface area contributed by atoms with Gasteiger partial charge in [0, 0.05) is 15.9 Å². The first-order chi connectivity index (χ1) is 9.38. The maximum atomic E-state index is 13.7. The molecule has 0 aromatic heterocycles. The first kappa shape index (κ1) is 15.4. The van der Waals surface area contributed by atoms with Crippen molar-refractivity contribution < 1.29 is 18.3 Å². The van der Waals surface area contributed by atoms with E-state index in [1.54, 1.807) is 0 Å². The van der Waals surface area contributed by atoms with Crippen LogP contribution >= 0.6 is 27.5 Å². The van der Waals surface area contributed by atoms with E-state index >= 15 is 0 Å². The van der Waals surface area contributed by atoms with E-state index in [0.717, 1.165) is 18.2 Å². The molecule has 106 valence electrons. The summed E-state index contributed by atoms with van der Waals surface area (Å²) in [5, 5.41) is 10.1. The molecule has 0 aliphatic rings. The van der Waals surface area contributed by atoms with Crippen LogP contribution in [0.2, 0.25) is 5.02 Å². The summed E-state index contributed by atoms with van der Waals surface area (Å²) in [5.41, 5.74) is -0.0316. The van der Waals surface area contributed by atoms with E-state index in [1.165, 1.54) is 12.1 Å². The quantitative estimate of drug-likeness (QED) is 0.829. The number of hydrogen-bond donors (Lipinski definition) is 1. The van der Waals surface area contributed by atoms with Crippen molar-refractivity contribution in [1.29, 1.82) is 0 Å². The zero-order valence-electron chi connectivity index (χ0n) is 10.0. The number of benzene rings is 2. The molecule has 0 aliphatic carbocycles. The van der Waals surface area contributed by atoms with Gasteiger partial charge in [0.05, 0.1) is 11.7 Å². The summed E-state index contributed by atoms with van der Waals surface area (Å²) in [4.78, 5) is 0. The van der Waals surface area contributed by atoms with Crippen LogP contribution in [-0.4, -0.2) is 5.11 Å². The van der Waals surface area contributed by atoms with Crippen LogP contribution in [0.15, 0.2) is 34.8 Å². The number of halogens is 5. The maximum Gasteiger partial charge on any atom is 0.133 e. The van der Waals surface area contributed by atoms with E-state index in [0.29, 0.717) is 5.56 Å². The van der Waals surface area contributed by atoms with Crippen LogP contribution in [0.4, 0.5) is 13.2 Å². The Hall–Kier alpha value is -1.04. The van der Waals surface area contributed by atoms with Crippen LogP contribution in [0.1, 0.15) is 17.2 Å². The van der Waals surface area contributed by atoms with Crippen molar-refractivity contribution in [3.8, 4) is 0 Å². The largest absolute Gasteiger partial charge is 0.388 e. The van der Waals surface area contributed by atoms with Crippen molar-refractivity contribution in [2.45, 2.75) is 12.5 Å². The molecule has 1 N–H and O–H groups in total. The lowest BCUT2D eigenvalue weighted by Gasteiger charge is -2.14. The van der Waals surface area contributed by atoms with Crippen LogP contribution in [0.5, 0.6) is 0 Å². The highest BCUT2D eigenvalue weighted by atomic mass is 79.9. The molecule has 0 aliphatic heterocycles. The molecule has 1 unspecified atom stereocenters. The van der Waals surface area contributed by atoms with Gasteiger partial charge in [0.1, 0.15) is 17.5 Å². The van der Waals surface area contributed by atoms with Crippen molar-refractivity contribution in [3.05, 3.63) is 68.4 Å². The molecule has 6 heteroatoms. The Bertz CT molecular complexity index is 625. The SMILES string of the molecule is OC(Cc1ccc(F)cc1Cl)c1c(F)cc(Br)cc1F. The first-order valence-corrected chi connectivity index (χ1v) is 6.82. The fraction of sp³-hybridized carbons (Fsp3) is 0.143. The van der Waals surface area contributed by atoms with E-state index in [1.807, 2.05) is 0 Å². The second-order valence-corrected chi connectivity index (χ2v) is 5.56. The van der Waals surface area contributed by atoms with Gasteiger partial charge in [-0.1, -0.05) is 33.6 Å². The van der Waals surface area contributed by atoms with Crippen LogP contribution < -0.4 is 0 Å². The molecule has 0 heterocycles. The molecular formula is C14H9BrClF3O. The normalized spacial score (nSPS) is 12.5. The number of aliphatic hydroxyl groups is 1. The lowest BCUT2D eigenvalue weighted by atomic mass is 10.0. The molecule has 0 fully saturated rings. The Morgan fingerprint density at radius 2 is 1.70 bits per heavy atom.